The highest BCUT2D eigenvalue weighted by Gasteiger charge is 2.38. The zero-order chi connectivity index (χ0) is 31.3. The summed E-state index contributed by atoms with van der Waals surface area (Å²) in [4.78, 5) is 12.0. The predicted octanol–water partition coefficient (Wildman–Crippen LogP) is 11.3. The van der Waals surface area contributed by atoms with Gasteiger partial charge >= 0.3 is 0 Å². The van der Waals surface area contributed by atoms with Crippen molar-refractivity contribution in [1.29, 1.82) is 0 Å². The molecule has 47 heavy (non-hydrogen) atoms. The number of benzene rings is 5. The minimum atomic E-state index is -0.221. The first-order valence-corrected chi connectivity index (χ1v) is 16.6. The van der Waals surface area contributed by atoms with Crippen LogP contribution in [0.1, 0.15) is 25.0 Å². The van der Waals surface area contributed by atoms with Crippen LogP contribution in [0.4, 0.5) is 17.2 Å². The largest absolute Gasteiger partial charge is 0.457 e. The fourth-order valence-electron chi connectivity index (χ4n) is 7.47. The summed E-state index contributed by atoms with van der Waals surface area (Å²) in [6.45, 7) is 4.62. The lowest BCUT2D eigenvalue weighted by atomic mass is 9.74. The molecule has 5 aromatic carbocycles. The Balaban J connectivity index is 1.12. The molecule has 0 saturated heterocycles. The number of fused-ring (bicyclic) bond motifs is 11. The first-order chi connectivity index (χ1) is 23.0. The molecule has 9 aromatic rings. The minimum Gasteiger partial charge on any atom is -0.457 e. The van der Waals surface area contributed by atoms with Crippen molar-refractivity contribution in [3.8, 4) is 11.5 Å². The number of hydrogen-bond acceptors (Lipinski definition) is 5. The fourth-order valence-corrected chi connectivity index (χ4v) is 8.59. The average Bonchev–Trinajstić information content (AvgIpc) is 3.74. The molecule has 5 heterocycles. The Hall–Kier alpha value is -5.72. The Morgan fingerprint density at radius 2 is 1.47 bits per heavy atom. The molecule has 1 aliphatic heterocycles. The van der Waals surface area contributed by atoms with E-state index in [0.717, 1.165) is 50.6 Å². The molecule has 0 aliphatic carbocycles. The van der Waals surface area contributed by atoms with Gasteiger partial charge in [0.25, 0.3) is 0 Å². The monoisotopic (exact) mass is 624 g/mol. The molecular formula is C41H28N4OS. The fraction of sp³-hybridized carbons (Fsp3) is 0.0732. The molecule has 0 atom stereocenters. The van der Waals surface area contributed by atoms with Crippen molar-refractivity contribution in [2.75, 3.05) is 4.90 Å². The van der Waals surface area contributed by atoms with Gasteiger partial charge in [0.15, 0.2) is 0 Å². The first-order valence-electron chi connectivity index (χ1n) is 15.8. The van der Waals surface area contributed by atoms with Crippen LogP contribution < -0.4 is 9.64 Å². The molecule has 0 radical (unpaired) electrons. The maximum absolute atomic E-state index is 6.61. The number of thiophene rings is 1. The van der Waals surface area contributed by atoms with Gasteiger partial charge in [-0.1, -0.05) is 62.4 Å². The van der Waals surface area contributed by atoms with Crippen LogP contribution >= 0.6 is 11.3 Å². The molecule has 10 rings (SSSR count). The molecule has 4 aromatic heterocycles. The molecule has 0 N–H and O–H groups in total. The summed E-state index contributed by atoms with van der Waals surface area (Å²) in [5.74, 6) is 2.47. The van der Waals surface area contributed by atoms with E-state index in [4.69, 9.17) is 14.7 Å². The Labute approximate surface area is 274 Å². The Kier molecular flexibility index (Phi) is 5.44. The summed E-state index contributed by atoms with van der Waals surface area (Å²) in [6, 6.07) is 40.8. The van der Waals surface area contributed by atoms with Gasteiger partial charge in [-0.2, -0.15) is 0 Å². The van der Waals surface area contributed by atoms with Crippen LogP contribution in [0.15, 0.2) is 134 Å². The first kappa shape index (κ1) is 26.5. The Bertz CT molecular complexity index is 2720. The van der Waals surface area contributed by atoms with E-state index in [1.807, 2.05) is 42.1 Å². The third kappa shape index (κ3) is 3.82. The summed E-state index contributed by atoms with van der Waals surface area (Å²) in [7, 11) is 0. The van der Waals surface area contributed by atoms with Crippen LogP contribution in [0.3, 0.4) is 0 Å². The van der Waals surface area contributed by atoms with Crippen molar-refractivity contribution >= 4 is 76.0 Å². The zero-order valence-electron chi connectivity index (χ0n) is 25.8. The molecule has 0 bridgehead atoms. The van der Waals surface area contributed by atoms with Crippen molar-refractivity contribution in [1.82, 2.24) is 14.4 Å². The molecule has 0 saturated carbocycles. The smallest absolute Gasteiger partial charge is 0.145 e. The predicted molar refractivity (Wildman–Crippen MR) is 194 cm³/mol. The highest BCUT2D eigenvalue weighted by atomic mass is 32.1. The van der Waals surface area contributed by atoms with E-state index in [0.29, 0.717) is 0 Å². The molecule has 0 spiro atoms. The number of para-hydroxylation sites is 1. The SMILES string of the molecule is CC1(C)c2cc3sc4ccccc4c3cc2N(c2cccc(Oc3ccc4c5ccccc5n5ccnc5c4c3)c2)c2ncccc21. The topological polar surface area (TPSA) is 42.7 Å². The normalized spacial score (nSPS) is 13.9. The highest BCUT2D eigenvalue weighted by Crippen LogP contribution is 2.53. The van der Waals surface area contributed by atoms with Gasteiger partial charge in [0.05, 0.1) is 16.9 Å². The van der Waals surface area contributed by atoms with Crippen molar-refractivity contribution in [2.24, 2.45) is 0 Å². The number of anilines is 3. The molecule has 6 heteroatoms. The summed E-state index contributed by atoms with van der Waals surface area (Å²) < 4.78 is 11.4. The van der Waals surface area contributed by atoms with Crippen LogP contribution in [-0.2, 0) is 5.41 Å². The lowest BCUT2D eigenvalue weighted by molar-refractivity contribution is 0.483. The maximum Gasteiger partial charge on any atom is 0.145 e. The van der Waals surface area contributed by atoms with E-state index in [-0.39, 0.29) is 5.41 Å². The number of aromatic nitrogens is 3. The molecule has 0 fully saturated rings. The second-order valence-electron chi connectivity index (χ2n) is 12.7. The van der Waals surface area contributed by atoms with Gasteiger partial charge in [0.2, 0.25) is 0 Å². The van der Waals surface area contributed by atoms with Gasteiger partial charge in [-0.3, -0.25) is 9.30 Å². The van der Waals surface area contributed by atoms with Crippen LogP contribution in [0.5, 0.6) is 11.5 Å². The van der Waals surface area contributed by atoms with Crippen molar-refractivity contribution in [3.05, 3.63) is 145 Å². The summed E-state index contributed by atoms with van der Waals surface area (Å²) >= 11 is 1.86. The van der Waals surface area contributed by atoms with E-state index in [2.05, 4.69) is 126 Å². The van der Waals surface area contributed by atoms with Crippen LogP contribution in [0.25, 0.3) is 47.5 Å². The summed E-state index contributed by atoms with van der Waals surface area (Å²) in [5, 5.41) is 5.95. The van der Waals surface area contributed by atoms with Crippen molar-refractivity contribution in [3.63, 3.8) is 0 Å². The minimum absolute atomic E-state index is 0.221. The van der Waals surface area contributed by atoms with Gasteiger partial charge < -0.3 is 4.74 Å². The molecular weight excluding hydrogens is 597 g/mol. The Morgan fingerprint density at radius 1 is 0.617 bits per heavy atom. The van der Waals surface area contributed by atoms with E-state index in [1.54, 1.807) is 0 Å². The van der Waals surface area contributed by atoms with E-state index < -0.39 is 0 Å². The standard InChI is InChI=1S/C41H28N4OS/c1-41(2)33-13-8-18-42-40(33)45(36-23-31-30-12-4-6-15-37(30)47-38(31)24-34(36)41)25-9-7-10-26(21-25)46-27-16-17-28-29-11-3-5-14-35(29)44-20-19-43-39(44)32(28)22-27/h3-24H,1-2H3. The number of nitrogens with zero attached hydrogens (tertiary/aromatic N) is 4. The van der Waals surface area contributed by atoms with Gasteiger partial charge in [-0.05, 0) is 71.6 Å². The second-order valence-corrected chi connectivity index (χ2v) is 13.8. The van der Waals surface area contributed by atoms with Crippen LogP contribution in [-0.4, -0.2) is 14.4 Å². The number of ether oxygens (including phenoxy) is 1. The van der Waals surface area contributed by atoms with Gasteiger partial charge in [0.1, 0.15) is 23.0 Å². The third-order valence-corrected chi connectivity index (χ3v) is 10.9. The van der Waals surface area contributed by atoms with Crippen LogP contribution in [0.2, 0.25) is 0 Å². The summed E-state index contributed by atoms with van der Waals surface area (Å²) in [6.07, 6.45) is 5.76. The Morgan fingerprint density at radius 3 is 2.40 bits per heavy atom. The third-order valence-electron chi connectivity index (χ3n) is 9.72. The molecule has 5 nitrogen and oxygen atoms in total. The maximum atomic E-state index is 6.61. The number of imidazole rings is 1. The average molecular weight is 625 g/mol. The van der Waals surface area contributed by atoms with E-state index in [9.17, 15) is 0 Å². The number of hydrogen-bond donors (Lipinski definition) is 0. The number of pyridine rings is 2. The van der Waals surface area contributed by atoms with Gasteiger partial charge in [-0.15, -0.1) is 11.3 Å². The quantitative estimate of drug-likeness (QED) is 0.183. The van der Waals surface area contributed by atoms with Gasteiger partial charge in [-0.25, -0.2) is 9.97 Å². The van der Waals surface area contributed by atoms with E-state index >= 15 is 0 Å². The zero-order valence-corrected chi connectivity index (χ0v) is 26.6. The molecule has 0 amide bonds. The molecule has 1 aliphatic rings. The molecule has 224 valence electrons. The van der Waals surface area contributed by atoms with Crippen LogP contribution in [0, 0.1) is 0 Å². The molecule has 0 unspecified atom stereocenters. The highest BCUT2D eigenvalue weighted by molar-refractivity contribution is 7.25. The summed E-state index contributed by atoms with van der Waals surface area (Å²) in [5.41, 5.74) is 6.47. The van der Waals surface area contributed by atoms with Crippen molar-refractivity contribution in [2.45, 2.75) is 19.3 Å². The number of rotatable bonds is 3. The van der Waals surface area contributed by atoms with E-state index in [1.165, 1.54) is 36.7 Å². The van der Waals surface area contributed by atoms with Gasteiger partial charge in [0, 0.05) is 66.6 Å². The second kappa shape index (κ2) is 9.64. The lowest BCUT2D eigenvalue weighted by Crippen LogP contribution is -2.31. The lowest BCUT2D eigenvalue weighted by Gasteiger charge is -2.41. The van der Waals surface area contributed by atoms with Crippen molar-refractivity contribution < 1.29 is 4.74 Å².